The Morgan fingerprint density at radius 2 is 2.06 bits per heavy atom. The van der Waals surface area contributed by atoms with Crippen LogP contribution in [0.15, 0.2) is 28.7 Å². The summed E-state index contributed by atoms with van der Waals surface area (Å²) in [7, 11) is 0. The summed E-state index contributed by atoms with van der Waals surface area (Å²) in [6.07, 6.45) is 4.42. The van der Waals surface area contributed by atoms with Gasteiger partial charge in [-0.15, -0.1) is 10.2 Å². The van der Waals surface area contributed by atoms with E-state index in [0.717, 1.165) is 35.5 Å². The van der Waals surface area contributed by atoms with Gasteiger partial charge in [-0.25, -0.2) is 0 Å². The predicted octanol–water partition coefficient (Wildman–Crippen LogP) is 2.97. The van der Waals surface area contributed by atoms with Gasteiger partial charge in [-0.2, -0.15) is 0 Å². The molecule has 0 N–H and O–H groups in total. The smallest absolute Gasteiger partial charge is 0.137 e. The molecule has 0 spiro atoms. The fourth-order valence-electron chi connectivity index (χ4n) is 2.31. The van der Waals surface area contributed by atoms with E-state index < -0.39 is 0 Å². The summed E-state index contributed by atoms with van der Waals surface area (Å²) in [4.78, 5) is 0. The molecule has 4 heteroatoms. The highest BCUT2D eigenvalue weighted by Crippen LogP contribution is 2.21. The molecule has 17 heavy (non-hydrogen) atoms. The van der Waals surface area contributed by atoms with Crippen molar-refractivity contribution in [3.8, 4) is 0 Å². The minimum atomic E-state index is 0.856. The first kappa shape index (κ1) is 11.0. The topological polar surface area (TPSA) is 30.7 Å². The largest absolute Gasteiger partial charge is 0.315 e. The molecule has 0 unspecified atom stereocenters. The summed E-state index contributed by atoms with van der Waals surface area (Å²) in [5.41, 5.74) is 1.27. The molecule has 0 saturated carbocycles. The molecule has 88 valence electrons. The van der Waals surface area contributed by atoms with Crippen molar-refractivity contribution in [3.05, 3.63) is 46.0 Å². The van der Waals surface area contributed by atoms with Gasteiger partial charge < -0.3 is 4.57 Å². The molecule has 0 amide bonds. The Morgan fingerprint density at radius 3 is 2.94 bits per heavy atom. The van der Waals surface area contributed by atoms with E-state index in [1.807, 2.05) is 6.07 Å². The van der Waals surface area contributed by atoms with E-state index in [9.17, 15) is 0 Å². The van der Waals surface area contributed by atoms with Crippen LogP contribution in [0.1, 0.15) is 30.1 Å². The lowest BCUT2D eigenvalue weighted by Crippen LogP contribution is -2.13. The second-order valence-electron chi connectivity index (χ2n) is 4.41. The summed E-state index contributed by atoms with van der Waals surface area (Å²) in [6.45, 7) is 1.07. The summed E-state index contributed by atoms with van der Waals surface area (Å²) in [5, 5.41) is 8.61. The molecular weight excluding hydrogens is 278 g/mol. The van der Waals surface area contributed by atoms with Crippen LogP contribution >= 0.6 is 15.9 Å². The normalized spacial score (nSPS) is 14.6. The molecule has 0 atom stereocenters. The van der Waals surface area contributed by atoms with E-state index in [1.165, 1.54) is 18.4 Å². The maximum absolute atomic E-state index is 4.33. The summed E-state index contributed by atoms with van der Waals surface area (Å²) >= 11 is 3.58. The van der Waals surface area contributed by atoms with Crippen LogP contribution in [0, 0.1) is 0 Å². The van der Waals surface area contributed by atoms with E-state index in [4.69, 9.17) is 0 Å². The first-order valence-corrected chi connectivity index (χ1v) is 6.78. The Kier molecular flexibility index (Phi) is 2.97. The van der Waals surface area contributed by atoms with Gasteiger partial charge in [0, 0.05) is 23.9 Å². The van der Waals surface area contributed by atoms with E-state index in [-0.39, 0.29) is 0 Å². The molecular formula is C13H14BrN3. The number of aromatic nitrogens is 3. The van der Waals surface area contributed by atoms with Gasteiger partial charge in [-0.1, -0.05) is 34.1 Å². The standard InChI is InChI=1S/C13H14BrN3/c14-11-6-2-1-5-10(11)9-13-16-15-12-7-3-4-8-17(12)13/h1-2,5-6H,3-4,7-9H2. The zero-order chi connectivity index (χ0) is 11.7. The molecule has 1 aliphatic rings. The highest BCUT2D eigenvalue weighted by Gasteiger charge is 2.16. The zero-order valence-corrected chi connectivity index (χ0v) is 11.2. The number of benzene rings is 1. The van der Waals surface area contributed by atoms with E-state index in [2.05, 4.69) is 48.9 Å². The molecule has 1 aliphatic heterocycles. The third kappa shape index (κ3) is 2.14. The fourth-order valence-corrected chi connectivity index (χ4v) is 2.74. The molecule has 3 nitrogen and oxygen atoms in total. The van der Waals surface area contributed by atoms with Crippen molar-refractivity contribution in [2.24, 2.45) is 0 Å². The monoisotopic (exact) mass is 291 g/mol. The van der Waals surface area contributed by atoms with Crippen LogP contribution in [-0.2, 0) is 19.4 Å². The van der Waals surface area contributed by atoms with Crippen molar-refractivity contribution < 1.29 is 0 Å². The van der Waals surface area contributed by atoms with Crippen molar-refractivity contribution in [2.75, 3.05) is 0 Å². The van der Waals surface area contributed by atoms with Gasteiger partial charge in [-0.05, 0) is 24.5 Å². The Labute approximate surface area is 109 Å². The number of aryl methyl sites for hydroxylation is 1. The van der Waals surface area contributed by atoms with E-state index in [0.29, 0.717) is 0 Å². The minimum absolute atomic E-state index is 0.856. The van der Waals surface area contributed by atoms with Gasteiger partial charge in [0.1, 0.15) is 11.6 Å². The van der Waals surface area contributed by atoms with Crippen LogP contribution in [0.5, 0.6) is 0 Å². The van der Waals surface area contributed by atoms with Crippen molar-refractivity contribution in [1.82, 2.24) is 14.8 Å². The molecule has 1 aromatic heterocycles. The zero-order valence-electron chi connectivity index (χ0n) is 9.56. The Balaban J connectivity index is 1.91. The lowest BCUT2D eigenvalue weighted by Gasteiger charge is -2.14. The molecule has 2 aromatic rings. The fraction of sp³-hybridized carbons (Fsp3) is 0.385. The van der Waals surface area contributed by atoms with Crippen molar-refractivity contribution >= 4 is 15.9 Å². The van der Waals surface area contributed by atoms with Gasteiger partial charge in [0.2, 0.25) is 0 Å². The van der Waals surface area contributed by atoms with Gasteiger partial charge in [-0.3, -0.25) is 0 Å². The third-order valence-electron chi connectivity index (χ3n) is 3.24. The number of fused-ring (bicyclic) bond motifs is 1. The van der Waals surface area contributed by atoms with Gasteiger partial charge >= 0.3 is 0 Å². The highest BCUT2D eigenvalue weighted by molar-refractivity contribution is 9.10. The maximum Gasteiger partial charge on any atom is 0.137 e. The van der Waals surface area contributed by atoms with Gasteiger partial charge in [0.25, 0.3) is 0 Å². The van der Waals surface area contributed by atoms with Crippen LogP contribution in [0.2, 0.25) is 0 Å². The van der Waals surface area contributed by atoms with Gasteiger partial charge in [0.15, 0.2) is 0 Å². The predicted molar refractivity (Wildman–Crippen MR) is 69.9 cm³/mol. The first-order valence-electron chi connectivity index (χ1n) is 5.99. The number of rotatable bonds is 2. The maximum atomic E-state index is 4.33. The summed E-state index contributed by atoms with van der Waals surface area (Å²) in [6, 6.07) is 8.30. The number of halogens is 1. The van der Waals surface area contributed by atoms with Crippen molar-refractivity contribution in [1.29, 1.82) is 0 Å². The van der Waals surface area contributed by atoms with Crippen LogP contribution in [0.4, 0.5) is 0 Å². The third-order valence-corrected chi connectivity index (χ3v) is 4.02. The Hall–Kier alpha value is -1.16. The average molecular weight is 292 g/mol. The number of nitrogens with zero attached hydrogens (tertiary/aromatic N) is 3. The average Bonchev–Trinajstić information content (AvgIpc) is 2.76. The van der Waals surface area contributed by atoms with Crippen LogP contribution in [0.25, 0.3) is 0 Å². The number of hydrogen-bond acceptors (Lipinski definition) is 2. The molecule has 0 aliphatic carbocycles. The molecule has 1 aromatic carbocycles. The van der Waals surface area contributed by atoms with Crippen molar-refractivity contribution in [3.63, 3.8) is 0 Å². The number of hydrogen-bond donors (Lipinski definition) is 0. The molecule has 0 saturated heterocycles. The second kappa shape index (κ2) is 4.61. The van der Waals surface area contributed by atoms with E-state index in [1.54, 1.807) is 0 Å². The molecule has 0 bridgehead atoms. The minimum Gasteiger partial charge on any atom is -0.315 e. The van der Waals surface area contributed by atoms with Gasteiger partial charge in [0.05, 0.1) is 0 Å². The van der Waals surface area contributed by atoms with E-state index >= 15 is 0 Å². The van der Waals surface area contributed by atoms with Crippen molar-refractivity contribution in [2.45, 2.75) is 32.2 Å². The lowest BCUT2D eigenvalue weighted by molar-refractivity contribution is 0.510. The summed E-state index contributed by atoms with van der Waals surface area (Å²) in [5.74, 6) is 2.24. The Bertz CT molecular complexity index is 533. The SMILES string of the molecule is Brc1ccccc1Cc1nnc2n1CCCC2. The quantitative estimate of drug-likeness (QED) is 0.852. The lowest BCUT2D eigenvalue weighted by atomic mass is 10.1. The molecule has 3 rings (SSSR count). The Morgan fingerprint density at radius 1 is 1.18 bits per heavy atom. The molecule has 2 heterocycles. The molecule has 0 fully saturated rings. The van der Waals surface area contributed by atoms with Crippen LogP contribution in [-0.4, -0.2) is 14.8 Å². The second-order valence-corrected chi connectivity index (χ2v) is 5.26. The molecule has 0 radical (unpaired) electrons. The summed E-state index contributed by atoms with van der Waals surface area (Å²) < 4.78 is 3.43. The van der Waals surface area contributed by atoms with Crippen LogP contribution < -0.4 is 0 Å². The highest BCUT2D eigenvalue weighted by atomic mass is 79.9. The van der Waals surface area contributed by atoms with Crippen LogP contribution in [0.3, 0.4) is 0 Å². The first-order chi connectivity index (χ1) is 8.34.